The predicted octanol–water partition coefficient (Wildman–Crippen LogP) is 2.40. The quantitative estimate of drug-likeness (QED) is 0.829. The number of aryl methyl sites for hydroxylation is 1. The first-order valence-corrected chi connectivity index (χ1v) is 7.82. The predicted molar refractivity (Wildman–Crippen MR) is 71.5 cm³/mol. The van der Waals surface area contributed by atoms with Crippen LogP contribution >= 0.6 is 0 Å². The van der Waals surface area contributed by atoms with Crippen molar-refractivity contribution in [2.75, 3.05) is 12.3 Å². The summed E-state index contributed by atoms with van der Waals surface area (Å²) < 4.78 is 38.7. The Balaban J connectivity index is 2.44. The number of nitrogens with one attached hydrogen (secondary N) is 1. The fourth-order valence-corrected chi connectivity index (χ4v) is 2.85. The van der Waals surface area contributed by atoms with Crippen molar-refractivity contribution in [3.05, 3.63) is 35.1 Å². The van der Waals surface area contributed by atoms with Crippen LogP contribution < -0.4 is 4.72 Å². The van der Waals surface area contributed by atoms with Gasteiger partial charge >= 0.3 is 0 Å². The number of hydrogen-bond acceptors (Lipinski definition) is 2. The van der Waals surface area contributed by atoms with Gasteiger partial charge in [-0.25, -0.2) is 17.5 Å². The normalized spacial score (nSPS) is 11.7. The first-order valence-electron chi connectivity index (χ1n) is 6.17. The van der Waals surface area contributed by atoms with Gasteiger partial charge in [0, 0.05) is 6.54 Å². The highest BCUT2D eigenvalue weighted by Gasteiger charge is 2.08. The zero-order chi connectivity index (χ0) is 13.6. The minimum Gasteiger partial charge on any atom is -0.215 e. The topological polar surface area (TPSA) is 46.2 Å². The van der Waals surface area contributed by atoms with E-state index in [2.05, 4.69) is 4.72 Å². The van der Waals surface area contributed by atoms with Crippen molar-refractivity contribution in [3.8, 4) is 0 Å². The lowest BCUT2D eigenvalue weighted by Crippen LogP contribution is -2.28. The highest BCUT2D eigenvalue weighted by Crippen LogP contribution is 2.09. The molecule has 5 heteroatoms. The van der Waals surface area contributed by atoms with E-state index in [0.717, 1.165) is 12.0 Å². The van der Waals surface area contributed by atoms with Gasteiger partial charge in [0.1, 0.15) is 5.82 Å². The molecule has 1 N–H and O–H groups in total. The first kappa shape index (κ1) is 15.1. The van der Waals surface area contributed by atoms with Crippen LogP contribution in [0.4, 0.5) is 4.39 Å². The van der Waals surface area contributed by atoms with Gasteiger partial charge in [0.2, 0.25) is 10.0 Å². The van der Waals surface area contributed by atoms with Gasteiger partial charge in [-0.05, 0) is 37.0 Å². The van der Waals surface area contributed by atoms with E-state index in [4.69, 9.17) is 0 Å². The van der Waals surface area contributed by atoms with Crippen LogP contribution in [0.3, 0.4) is 0 Å². The Labute approximate surface area is 108 Å². The summed E-state index contributed by atoms with van der Waals surface area (Å²) >= 11 is 0. The number of hydrogen-bond donors (Lipinski definition) is 1. The van der Waals surface area contributed by atoms with E-state index in [1.807, 2.05) is 6.92 Å². The first-order chi connectivity index (χ1) is 8.44. The highest BCUT2D eigenvalue weighted by molar-refractivity contribution is 7.89. The highest BCUT2D eigenvalue weighted by atomic mass is 32.2. The molecule has 1 aromatic carbocycles. The van der Waals surface area contributed by atoms with E-state index in [1.54, 1.807) is 19.1 Å². The Hall–Kier alpha value is -0.940. The summed E-state index contributed by atoms with van der Waals surface area (Å²) in [5, 5.41) is 0. The Morgan fingerprint density at radius 1 is 1.33 bits per heavy atom. The van der Waals surface area contributed by atoms with Crippen LogP contribution in [0.2, 0.25) is 0 Å². The van der Waals surface area contributed by atoms with E-state index >= 15 is 0 Å². The monoisotopic (exact) mass is 273 g/mol. The minimum atomic E-state index is -3.16. The van der Waals surface area contributed by atoms with Gasteiger partial charge in [-0.1, -0.05) is 25.5 Å². The average molecular weight is 273 g/mol. The van der Waals surface area contributed by atoms with Crippen LogP contribution in [0.1, 0.15) is 30.9 Å². The third kappa shape index (κ3) is 5.14. The van der Waals surface area contributed by atoms with Crippen molar-refractivity contribution in [1.29, 1.82) is 0 Å². The molecule has 0 aliphatic carbocycles. The maximum atomic E-state index is 13.0. The van der Waals surface area contributed by atoms with E-state index in [-0.39, 0.29) is 11.6 Å². The zero-order valence-electron chi connectivity index (χ0n) is 10.9. The summed E-state index contributed by atoms with van der Waals surface area (Å²) in [6, 6.07) is 4.84. The molecule has 0 heterocycles. The molecule has 18 heavy (non-hydrogen) atoms. The Bertz CT molecular complexity index is 486. The molecule has 1 aromatic rings. The smallest absolute Gasteiger partial charge is 0.211 e. The molecule has 0 aliphatic rings. The molecule has 0 spiro atoms. The molecule has 0 aromatic heterocycles. The zero-order valence-corrected chi connectivity index (χ0v) is 11.7. The maximum Gasteiger partial charge on any atom is 0.211 e. The Morgan fingerprint density at radius 3 is 2.67 bits per heavy atom. The Kier molecular flexibility index (Phi) is 5.75. The molecule has 3 nitrogen and oxygen atoms in total. The molecule has 0 aliphatic heterocycles. The molecule has 0 unspecified atom stereocenters. The lowest BCUT2D eigenvalue weighted by Gasteiger charge is -2.07. The van der Waals surface area contributed by atoms with Crippen LogP contribution in [-0.2, 0) is 16.4 Å². The molecule has 102 valence electrons. The molecule has 1 rings (SSSR count). The average Bonchev–Trinajstić information content (AvgIpc) is 2.31. The Morgan fingerprint density at radius 2 is 2.06 bits per heavy atom. The summed E-state index contributed by atoms with van der Waals surface area (Å²) in [4.78, 5) is 0. The van der Waals surface area contributed by atoms with Gasteiger partial charge in [-0.2, -0.15) is 0 Å². The van der Waals surface area contributed by atoms with Crippen LogP contribution in [0, 0.1) is 12.7 Å². The third-order valence-electron chi connectivity index (χ3n) is 2.72. The van der Waals surface area contributed by atoms with E-state index in [9.17, 15) is 12.8 Å². The molecule has 0 atom stereocenters. The minimum absolute atomic E-state index is 0.173. The van der Waals surface area contributed by atoms with E-state index in [1.165, 1.54) is 6.07 Å². The van der Waals surface area contributed by atoms with E-state index in [0.29, 0.717) is 24.9 Å². The lowest BCUT2D eigenvalue weighted by molar-refractivity contribution is 0.578. The number of sulfonamides is 1. The molecule has 0 fully saturated rings. The summed E-state index contributed by atoms with van der Waals surface area (Å²) in [6.07, 6.45) is 2.11. The van der Waals surface area contributed by atoms with Gasteiger partial charge in [0.05, 0.1) is 5.75 Å². The van der Waals surface area contributed by atoms with Crippen LogP contribution in [-0.4, -0.2) is 20.7 Å². The van der Waals surface area contributed by atoms with Gasteiger partial charge in [-0.3, -0.25) is 0 Å². The molecular weight excluding hydrogens is 253 g/mol. The molecule has 0 saturated carbocycles. The van der Waals surface area contributed by atoms with Crippen LogP contribution in [0.15, 0.2) is 18.2 Å². The summed E-state index contributed by atoms with van der Waals surface area (Å²) in [6.45, 7) is 4.01. The fourth-order valence-electron chi connectivity index (χ4n) is 1.62. The number of benzene rings is 1. The van der Waals surface area contributed by atoms with Crippen molar-refractivity contribution in [1.82, 2.24) is 4.72 Å². The summed E-state index contributed by atoms with van der Waals surface area (Å²) in [5.74, 6) is -0.0614. The van der Waals surface area contributed by atoms with Crippen molar-refractivity contribution in [2.45, 2.75) is 33.1 Å². The molecule has 0 radical (unpaired) electrons. The van der Waals surface area contributed by atoms with Gasteiger partial charge < -0.3 is 0 Å². The molecule has 0 saturated heterocycles. The van der Waals surface area contributed by atoms with Gasteiger partial charge in [0.25, 0.3) is 0 Å². The second-order valence-corrected chi connectivity index (χ2v) is 6.33. The van der Waals surface area contributed by atoms with Crippen molar-refractivity contribution in [3.63, 3.8) is 0 Å². The number of rotatable bonds is 7. The van der Waals surface area contributed by atoms with Crippen LogP contribution in [0.5, 0.6) is 0 Å². The van der Waals surface area contributed by atoms with Gasteiger partial charge in [0.15, 0.2) is 0 Å². The second-order valence-electron chi connectivity index (χ2n) is 4.40. The summed E-state index contributed by atoms with van der Waals surface area (Å²) in [7, 11) is -3.16. The number of halogens is 1. The van der Waals surface area contributed by atoms with Crippen LogP contribution in [0.25, 0.3) is 0 Å². The summed E-state index contributed by atoms with van der Waals surface area (Å²) in [5.41, 5.74) is 1.52. The third-order valence-corrected chi connectivity index (χ3v) is 4.19. The van der Waals surface area contributed by atoms with E-state index < -0.39 is 10.0 Å². The maximum absolute atomic E-state index is 13.0. The molecular formula is C13H20FNO2S. The largest absolute Gasteiger partial charge is 0.215 e. The fraction of sp³-hybridized carbons (Fsp3) is 0.538. The number of unbranched alkanes of at least 4 members (excludes halogenated alkanes) is 1. The van der Waals surface area contributed by atoms with Crippen molar-refractivity contribution >= 4 is 10.0 Å². The lowest BCUT2D eigenvalue weighted by atomic mass is 10.1. The van der Waals surface area contributed by atoms with Gasteiger partial charge in [-0.15, -0.1) is 0 Å². The molecule has 0 amide bonds. The SMILES string of the molecule is CCCCS(=O)(=O)NCCc1ccc(F)c(C)c1. The second kappa shape index (κ2) is 6.85. The standard InChI is InChI=1S/C13H20FNO2S/c1-3-4-9-18(16,17)15-8-7-12-5-6-13(14)11(2)10-12/h5-6,10,15H,3-4,7-9H2,1-2H3. The molecule has 0 bridgehead atoms. The van der Waals surface area contributed by atoms with Crippen molar-refractivity contribution < 1.29 is 12.8 Å². The van der Waals surface area contributed by atoms with Crippen molar-refractivity contribution in [2.24, 2.45) is 0 Å².